The van der Waals surface area contributed by atoms with Crippen molar-refractivity contribution in [3.05, 3.63) is 27.7 Å². The molecular formula is C9H8BrClO4S. The molecule has 7 heteroatoms. The average Bonchev–Trinajstić information content (AvgIpc) is 2.18. The van der Waals surface area contributed by atoms with E-state index in [1.165, 1.54) is 19.2 Å². The van der Waals surface area contributed by atoms with E-state index in [9.17, 15) is 13.2 Å². The Labute approximate surface area is 106 Å². The summed E-state index contributed by atoms with van der Waals surface area (Å²) in [6, 6.07) is 2.69. The van der Waals surface area contributed by atoms with Crippen LogP contribution in [0, 0.1) is 6.92 Å². The average molecular weight is 328 g/mol. The van der Waals surface area contributed by atoms with Crippen LogP contribution in [0.2, 0.25) is 0 Å². The summed E-state index contributed by atoms with van der Waals surface area (Å²) in [6.07, 6.45) is 0. The summed E-state index contributed by atoms with van der Waals surface area (Å²) in [6.45, 7) is 1.65. The molecule has 0 heterocycles. The zero-order chi connectivity index (χ0) is 12.5. The van der Waals surface area contributed by atoms with E-state index in [-0.39, 0.29) is 10.5 Å². The molecule has 0 amide bonds. The Kier molecular flexibility index (Phi) is 3.98. The lowest BCUT2D eigenvalue weighted by atomic mass is 10.1. The lowest BCUT2D eigenvalue weighted by molar-refractivity contribution is 0.0600. The number of methoxy groups -OCH3 is 1. The quantitative estimate of drug-likeness (QED) is 0.618. The van der Waals surface area contributed by atoms with Crippen LogP contribution in [0.5, 0.6) is 0 Å². The monoisotopic (exact) mass is 326 g/mol. The zero-order valence-corrected chi connectivity index (χ0v) is 11.6. The summed E-state index contributed by atoms with van der Waals surface area (Å²) < 4.78 is 27.4. The molecule has 0 aliphatic rings. The van der Waals surface area contributed by atoms with E-state index >= 15 is 0 Å². The first-order valence-corrected chi connectivity index (χ1v) is 7.20. The van der Waals surface area contributed by atoms with Crippen molar-refractivity contribution >= 4 is 41.6 Å². The number of benzene rings is 1. The van der Waals surface area contributed by atoms with E-state index in [1.54, 1.807) is 6.92 Å². The molecule has 0 radical (unpaired) electrons. The third-order valence-electron chi connectivity index (χ3n) is 1.90. The first kappa shape index (κ1) is 13.5. The molecule has 0 aliphatic carbocycles. The third-order valence-corrected chi connectivity index (χ3v) is 4.57. The van der Waals surface area contributed by atoms with E-state index in [1.807, 2.05) is 0 Å². The van der Waals surface area contributed by atoms with Crippen LogP contribution in [0.15, 0.2) is 21.5 Å². The molecule has 4 nitrogen and oxygen atoms in total. The highest BCUT2D eigenvalue weighted by atomic mass is 79.9. The Morgan fingerprint density at radius 3 is 2.44 bits per heavy atom. The van der Waals surface area contributed by atoms with Gasteiger partial charge in [-0.15, -0.1) is 0 Å². The van der Waals surface area contributed by atoms with Gasteiger partial charge in [-0.1, -0.05) is 0 Å². The summed E-state index contributed by atoms with van der Waals surface area (Å²) in [5.74, 6) is -0.614. The van der Waals surface area contributed by atoms with Crippen molar-refractivity contribution in [2.45, 2.75) is 11.8 Å². The van der Waals surface area contributed by atoms with Crippen molar-refractivity contribution in [3.63, 3.8) is 0 Å². The van der Waals surface area contributed by atoms with Gasteiger partial charge in [0.25, 0.3) is 9.05 Å². The van der Waals surface area contributed by atoms with Crippen LogP contribution in [-0.4, -0.2) is 21.5 Å². The summed E-state index contributed by atoms with van der Waals surface area (Å²) in [5, 5.41) is 0. The molecule has 1 rings (SSSR count). The Bertz CT molecular complexity index is 539. The van der Waals surface area contributed by atoms with E-state index < -0.39 is 15.0 Å². The number of rotatable bonds is 2. The molecule has 0 N–H and O–H groups in total. The van der Waals surface area contributed by atoms with Gasteiger partial charge in [-0.2, -0.15) is 0 Å². The van der Waals surface area contributed by atoms with Crippen LogP contribution in [-0.2, 0) is 13.8 Å². The van der Waals surface area contributed by atoms with E-state index in [4.69, 9.17) is 10.7 Å². The van der Waals surface area contributed by atoms with Gasteiger partial charge in [-0.3, -0.25) is 0 Å². The van der Waals surface area contributed by atoms with Crippen molar-refractivity contribution in [2.24, 2.45) is 0 Å². The molecule has 0 atom stereocenters. The molecule has 0 aliphatic heterocycles. The smallest absolute Gasteiger partial charge is 0.337 e. The summed E-state index contributed by atoms with van der Waals surface area (Å²) in [4.78, 5) is 11.1. The van der Waals surface area contributed by atoms with Gasteiger partial charge < -0.3 is 4.74 Å². The number of halogens is 2. The van der Waals surface area contributed by atoms with Crippen molar-refractivity contribution in [1.82, 2.24) is 0 Å². The molecule has 0 aromatic heterocycles. The van der Waals surface area contributed by atoms with Crippen LogP contribution >= 0.6 is 26.6 Å². The second-order valence-corrected chi connectivity index (χ2v) is 6.36. The Hall–Kier alpha value is -0.590. The predicted molar refractivity (Wildman–Crippen MR) is 63.3 cm³/mol. The van der Waals surface area contributed by atoms with Gasteiger partial charge in [-0.25, -0.2) is 13.2 Å². The summed E-state index contributed by atoms with van der Waals surface area (Å²) in [7, 11) is 2.56. The number of ether oxygens (including phenoxy) is 1. The SMILES string of the molecule is COC(=O)c1cc(C)c(Br)c(S(=O)(=O)Cl)c1. The maximum absolute atomic E-state index is 11.3. The maximum Gasteiger partial charge on any atom is 0.337 e. The van der Waals surface area contributed by atoms with Gasteiger partial charge in [0.05, 0.1) is 17.6 Å². The molecule has 0 bridgehead atoms. The molecule has 16 heavy (non-hydrogen) atoms. The Morgan fingerprint density at radius 2 is 2.00 bits per heavy atom. The van der Waals surface area contributed by atoms with Gasteiger partial charge >= 0.3 is 5.97 Å². The number of hydrogen-bond acceptors (Lipinski definition) is 4. The van der Waals surface area contributed by atoms with Crippen LogP contribution in [0.25, 0.3) is 0 Å². The van der Waals surface area contributed by atoms with Gasteiger partial charge in [0, 0.05) is 15.2 Å². The lowest BCUT2D eigenvalue weighted by Crippen LogP contribution is -2.04. The zero-order valence-electron chi connectivity index (χ0n) is 8.45. The minimum absolute atomic E-state index is 0.141. The molecule has 1 aromatic rings. The molecule has 0 spiro atoms. The van der Waals surface area contributed by atoms with Crippen molar-refractivity contribution < 1.29 is 17.9 Å². The third kappa shape index (κ3) is 2.75. The molecule has 0 fully saturated rings. The Balaban J connectivity index is 3.52. The number of esters is 1. The second-order valence-electron chi connectivity index (χ2n) is 3.03. The highest BCUT2D eigenvalue weighted by Crippen LogP contribution is 2.29. The predicted octanol–water partition coefficient (Wildman–Crippen LogP) is 2.47. The van der Waals surface area contributed by atoms with Crippen LogP contribution in [0.3, 0.4) is 0 Å². The number of carbonyl (C=O) groups excluding carboxylic acids is 1. The minimum atomic E-state index is -3.90. The van der Waals surface area contributed by atoms with Crippen LogP contribution < -0.4 is 0 Å². The fourth-order valence-electron chi connectivity index (χ4n) is 1.15. The minimum Gasteiger partial charge on any atom is -0.465 e. The van der Waals surface area contributed by atoms with E-state index in [2.05, 4.69) is 20.7 Å². The largest absolute Gasteiger partial charge is 0.465 e. The summed E-state index contributed by atoms with van der Waals surface area (Å²) >= 11 is 3.11. The Morgan fingerprint density at radius 1 is 1.44 bits per heavy atom. The fraction of sp³-hybridized carbons (Fsp3) is 0.222. The molecule has 0 saturated carbocycles. The second kappa shape index (κ2) is 4.73. The number of aryl methyl sites for hydroxylation is 1. The van der Waals surface area contributed by atoms with Crippen molar-refractivity contribution in [2.75, 3.05) is 7.11 Å². The highest BCUT2D eigenvalue weighted by Gasteiger charge is 2.19. The first-order valence-electron chi connectivity index (χ1n) is 4.10. The molecule has 0 saturated heterocycles. The lowest BCUT2D eigenvalue weighted by Gasteiger charge is -2.07. The fourth-order valence-corrected chi connectivity index (χ4v) is 3.31. The van der Waals surface area contributed by atoms with Crippen LogP contribution in [0.1, 0.15) is 15.9 Å². The van der Waals surface area contributed by atoms with Gasteiger partial charge in [0.2, 0.25) is 0 Å². The molecule has 1 aromatic carbocycles. The standard InChI is InChI=1S/C9H8BrClO4S/c1-5-3-6(9(12)15-2)4-7(8(5)10)16(11,13)14/h3-4H,1-2H3. The number of hydrogen-bond donors (Lipinski definition) is 0. The van der Waals surface area contributed by atoms with Crippen molar-refractivity contribution in [1.29, 1.82) is 0 Å². The van der Waals surface area contributed by atoms with Gasteiger partial charge in [0.1, 0.15) is 0 Å². The molecule has 88 valence electrons. The number of carbonyl (C=O) groups is 1. The normalized spacial score (nSPS) is 11.2. The van der Waals surface area contributed by atoms with Gasteiger partial charge in [0.15, 0.2) is 0 Å². The highest BCUT2D eigenvalue weighted by molar-refractivity contribution is 9.10. The van der Waals surface area contributed by atoms with Gasteiger partial charge in [-0.05, 0) is 40.5 Å². The van der Waals surface area contributed by atoms with E-state index in [0.29, 0.717) is 10.0 Å². The van der Waals surface area contributed by atoms with Crippen molar-refractivity contribution in [3.8, 4) is 0 Å². The molecular weight excluding hydrogens is 320 g/mol. The van der Waals surface area contributed by atoms with Crippen LogP contribution in [0.4, 0.5) is 0 Å². The first-order chi connectivity index (χ1) is 7.27. The topological polar surface area (TPSA) is 60.4 Å². The maximum atomic E-state index is 11.3. The van der Waals surface area contributed by atoms with E-state index in [0.717, 1.165) is 0 Å². The summed E-state index contributed by atoms with van der Waals surface area (Å²) in [5.41, 5.74) is 0.726. The molecule has 0 unspecified atom stereocenters.